The molecule has 0 aliphatic heterocycles. The molecule has 0 aliphatic carbocycles. The zero-order valence-corrected chi connectivity index (χ0v) is 13.5. The average molecular weight is 307 g/mol. The number of nitrogens with zero attached hydrogens (tertiary/aromatic N) is 2. The number of aryl methyl sites for hydroxylation is 2. The molecule has 0 saturated carbocycles. The summed E-state index contributed by atoms with van der Waals surface area (Å²) in [7, 11) is 0. The SMILES string of the molecule is CCn1c(CCNC(=O)c2cccc(C)c2)nc2ccccc21. The predicted molar refractivity (Wildman–Crippen MR) is 92.6 cm³/mol. The van der Waals surface area contributed by atoms with Crippen molar-refractivity contribution in [3.8, 4) is 0 Å². The number of carbonyl (C=O) groups excluding carboxylic acids is 1. The van der Waals surface area contributed by atoms with E-state index in [4.69, 9.17) is 0 Å². The lowest BCUT2D eigenvalue weighted by atomic mass is 10.1. The summed E-state index contributed by atoms with van der Waals surface area (Å²) < 4.78 is 2.20. The number of nitrogens with one attached hydrogen (secondary N) is 1. The molecule has 0 bridgehead atoms. The van der Waals surface area contributed by atoms with Crippen LogP contribution < -0.4 is 5.32 Å². The number of benzene rings is 2. The van der Waals surface area contributed by atoms with Gasteiger partial charge in [-0.1, -0.05) is 29.8 Å². The van der Waals surface area contributed by atoms with E-state index in [2.05, 4.69) is 27.9 Å². The van der Waals surface area contributed by atoms with Gasteiger partial charge in [-0.25, -0.2) is 4.98 Å². The number of hydrogen-bond donors (Lipinski definition) is 1. The molecule has 0 radical (unpaired) electrons. The maximum absolute atomic E-state index is 12.2. The first-order valence-electron chi connectivity index (χ1n) is 7.98. The second-order valence-electron chi connectivity index (χ2n) is 5.64. The van der Waals surface area contributed by atoms with Gasteiger partial charge >= 0.3 is 0 Å². The van der Waals surface area contributed by atoms with Crippen LogP contribution in [-0.4, -0.2) is 22.0 Å². The van der Waals surface area contributed by atoms with E-state index >= 15 is 0 Å². The highest BCUT2D eigenvalue weighted by Crippen LogP contribution is 2.16. The average Bonchev–Trinajstić information content (AvgIpc) is 2.92. The number of imidazole rings is 1. The van der Waals surface area contributed by atoms with Gasteiger partial charge in [0.2, 0.25) is 0 Å². The van der Waals surface area contributed by atoms with Crippen LogP contribution in [0.15, 0.2) is 48.5 Å². The van der Waals surface area contributed by atoms with E-state index in [-0.39, 0.29) is 5.91 Å². The van der Waals surface area contributed by atoms with Gasteiger partial charge in [0, 0.05) is 25.1 Å². The summed E-state index contributed by atoms with van der Waals surface area (Å²) in [5.74, 6) is 0.978. The third-order valence-electron chi connectivity index (χ3n) is 3.96. The van der Waals surface area contributed by atoms with Crippen LogP contribution in [0.4, 0.5) is 0 Å². The number of amides is 1. The largest absolute Gasteiger partial charge is 0.352 e. The molecular formula is C19H21N3O. The zero-order valence-electron chi connectivity index (χ0n) is 13.5. The molecule has 1 aromatic heterocycles. The molecule has 1 amide bonds. The summed E-state index contributed by atoms with van der Waals surface area (Å²) in [5.41, 5.74) is 3.95. The number of carbonyl (C=O) groups is 1. The van der Waals surface area contributed by atoms with E-state index in [9.17, 15) is 4.79 Å². The number of rotatable bonds is 5. The van der Waals surface area contributed by atoms with Crippen molar-refractivity contribution < 1.29 is 4.79 Å². The standard InChI is InChI=1S/C19H21N3O/c1-3-22-17-10-5-4-9-16(17)21-18(22)11-12-20-19(23)15-8-6-7-14(2)13-15/h4-10,13H,3,11-12H2,1-2H3,(H,20,23). The first kappa shape index (κ1) is 15.3. The summed E-state index contributed by atoms with van der Waals surface area (Å²) in [5, 5.41) is 2.98. The molecule has 0 unspecified atom stereocenters. The zero-order chi connectivity index (χ0) is 16.2. The van der Waals surface area contributed by atoms with E-state index in [1.165, 1.54) is 0 Å². The molecule has 4 nitrogen and oxygen atoms in total. The molecular weight excluding hydrogens is 286 g/mol. The van der Waals surface area contributed by atoms with Crippen LogP contribution >= 0.6 is 0 Å². The van der Waals surface area contributed by atoms with Gasteiger partial charge in [-0.15, -0.1) is 0 Å². The lowest BCUT2D eigenvalue weighted by molar-refractivity contribution is 0.0954. The van der Waals surface area contributed by atoms with Crippen LogP contribution in [0.1, 0.15) is 28.7 Å². The molecule has 3 aromatic rings. The smallest absolute Gasteiger partial charge is 0.251 e. The molecule has 0 spiro atoms. The van der Waals surface area contributed by atoms with Crippen LogP contribution in [0.3, 0.4) is 0 Å². The van der Waals surface area contributed by atoms with Gasteiger partial charge in [-0.05, 0) is 38.1 Å². The molecule has 0 saturated heterocycles. The summed E-state index contributed by atoms with van der Waals surface area (Å²) in [6.07, 6.45) is 0.722. The van der Waals surface area contributed by atoms with E-state index in [0.717, 1.165) is 35.4 Å². The van der Waals surface area contributed by atoms with Crippen molar-refractivity contribution in [3.63, 3.8) is 0 Å². The van der Waals surface area contributed by atoms with Crippen molar-refractivity contribution in [2.24, 2.45) is 0 Å². The second kappa shape index (κ2) is 6.65. The molecule has 2 aromatic carbocycles. The Kier molecular flexibility index (Phi) is 4.42. The second-order valence-corrected chi connectivity index (χ2v) is 5.64. The quantitative estimate of drug-likeness (QED) is 0.786. The molecule has 0 aliphatic rings. The molecule has 0 atom stereocenters. The molecule has 4 heteroatoms. The van der Waals surface area contributed by atoms with E-state index in [1.807, 2.05) is 49.4 Å². The Hall–Kier alpha value is -2.62. The monoisotopic (exact) mass is 307 g/mol. The Morgan fingerprint density at radius 2 is 2.00 bits per heavy atom. The fourth-order valence-electron chi connectivity index (χ4n) is 2.85. The first-order chi connectivity index (χ1) is 11.2. The lowest BCUT2D eigenvalue weighted by Crippen LogP contribution is -2.26. The number of fused-ring (bicyclic) bond motifs is 1. The Labute approximate surface area is 136 Å². The third kappa shape index (κ3) is 3.26. The minimum absolute atomic E-state index is 0.0344. The minimum atomic E-state index is -0.0344. The van der Waals surface area contributed by atoms with Crippen molar-refractivity contribution in [1.29, 1.82) is 0 Å². The first-order valence-corrected chi connectivity index (χ1v) is 7.98. The summed E-state index contributed by atoms with van der Waals surface area (Å²) in [6.45, 7) is 5.56. The van der Waals surface area contributed by atoms with E-state index in [1.54, 1.807) is 0 Å². The van der Waals surface area contributed by atoms with Gasteiger partial charge in [0.15, 0.2) is 0 Å². The van der Waals surface area contributed by atoms with Crippen molar-refractivity contribution in [2.45, 2.75) is 26.8 Å². The predicted octanol–water partition coefficient (Wildman–Crippen LogP) is 3.34. The van der Waals surface area contributed by atoms with Gasteiger partial charge in [-0.3, -0.25) is 4.79 Å². The number of aromatic nitrogens is 2. The molecule has 1 N–H and O–H groups in total. The minimum Gasteiger partial charge on any atom is -0.352 e. The number of hydrogen-bond acceptors (Lipinski definition) is 2. The molecule has 23 heavy (non-hydrogen) atoms. The van der Waals surface area contributed by atoms with Crippen molar-refractivity contribution >= 4 is 16.9 Å². The van der Waals surface area contributed by atoms with Crippen molar-refractivity contribution in [2.75, 3.05) is 6.54 Å². The van der Waals surface area contributed by atoms with Gasteiger partial charge in [0.25, 0.3) is 5.91 Å². The molecule has 0 fully saturated rings. The molecule has 118 valence electrons. The van der Waals surface area contributed by atoms with Crippen LogP contribution in [0.25, 0.3) is 11.0 Å². The van der Waals surface area contributed by atoms with E-state index in [0.29, 0.717) is 12.1 Å². The van der Waals surface area contributed by atoms with Crippen LogP contribution in [-0.2, 0) is 13.0 Å². The Balaban J connectivity index is 1.68. The highest BCUT2D eigenvalue weighted by atomic mass is 16.1. The summed E-state index contributed by atoms with van der Waals surface area (Å²) in [6, 6.07) is 15.8. The summed E-state index contributed by atoms with van der Waals surface area (Å²) in [4.78, 5) is 16.9. The van der Waals surface area contributed by atoms with E-state index < -0.39 is 0 Å². The lowest BCUT2D eigenvalue weighted by Gasteiger charge is -2.08. The highest BCUT2D eigenvalue weighted by Gasteiger charge is 2.10. The topological polar surface area (TPSA) is 46.9 Å². The fourth-order valence-corrected chi connectivity index (χ4v) is 2.85. The molecule has 1 heterocycles. The van der Waals surface area contributed by atoms with Crippen LogP contribution in [0, 0.1) is 6.92 Å². The maximum Gasteiger partial charge on any atom is 0.251 e. The highest BCUT2D eigenvalue weighted by molar-refractivity contribution is 5.94. The van der Waals surface area contributed by atoms with Gasteiger partial charge in [0.1, 0.15) is 5.82 Å². The summed E-state index contributed by atoms with van der Waals surface area (Å²) >= 11 is 0. The van der Waals surface area contributed by atoms with Crippen LogP contribution in [0.5, 0.6) is 0 Å². The number of para-hydroxylation sites is 2. The van der Waals surface area contributed by atoms with Crippen molar-refractivity contribution in [3.05, 3.63) is 65.5 Å². The van der Waals surface area contributed by atoms with Crippen LogP contribution in [0.2, 0.25) is 0 Å². The Morgan fingerprint density at radius 1 is 1.17 bits per heavy atom. The Morgan fingerprint density at radius 3 is 2.78 bits per heavy atom. The van der Waals surface area contributed by atoms with Gasteiger partial charge < -0.3 is 9.88 Å². The third-order valence-corrected chi connectivity index (χ3v) is 3.96. The van der Waals surface area contributed by atoms with Gasteiger partial charge in [0.05, 0.1) is 11.0 Å². The van der Waals surface area contributed by atoms with Gasteiger partial charge in [-0.2, -0.15) is 0 Å². The van der Waals surface area contributed by atoms with Crippen molar-refractivity contribution in [1.82, 2.24) is 14.9 Å². The molecule has 3 rings (SSSR count). The maximum atomic E-state index is 12.2. The Bertz CT molecular complexity index is 836. The normalized spacial score (nSPS) is 10.9. The fraction of sp³-hybridized carbons (Fsp3) is 0.263.